The third-order valence-electron chi connectivity index (χ3n) is 1.75. The second-order valence-corrected chi connectivity index (χ2v) is 7.95. The summed E-state index contributed by atoms with van der Waals surface area (Å²) in [5.41, 5.74) is -0.337. The van der Waals surface area contributed by atoms with Crippen molar-refractivity contribution in [1.82, 2.24) is 4.72 Å². The minimum Gasteiger partial charge on any atom is -0.212 e. The Balaban J connectivity index is 4.51. The van der Waals surface area contributed by atoms with E-state index in [9.17, 15) is 8.42 Å². The smallest absolute Gasteiger partial charge is 0.212 e. The minimum absolute atomic E-state index is 0.0257. The molecule has 0 aromatic rings. The van der Waals surface area contributed by atoms with Crippen LogP contribution < -0.4 is 4.72 Å². The van der Waals surface area contributed by atoms with E-state index in [0.29, 0.717) is 0 Å². The SMILES string of the molecule is CC(C)(C)CC(C)(C)NS(=O)(=O)CCCl. The van der Waals surface area contributed by atoms with Crippen LogP contribution in [0.3, 0.4) is 0 Å². The molecule has 0 saturated carbocycles. The van der Waals surface area contributed by atoms with Crippen LogP contribution >= 0.6 is 11.6 Å². The molecule has 0 atom stereocenters. The van der Waals surface area contributed by atoms with Crippen molar-refractivity contribution >= 4 is 21.6 Å². The zero-order valence-corrected chi connectivity index (χ0v) is 11.8. The zero-order valence-electron chi connectivity index (χ0n) is 10.2. The molecule has 0 aliphatic rings. The van der Waals surface area contributed by atoms with Gasteiger partial charge >= 0.3 is 0 Å². The molecular formula is C10H22ClNO2S. The fourth-order valence-corrected chi connectivity index (χ4v) is 3.76. The Morgan fingerprint density at radius 2 is 1.60 bits per heavy atom. The Kier molecular flexibility index (Phi) is 5.09. The molecule has 0 aromatic heterocycles. The van der Waals surface area contributed by atoms with Gasteiger partial charge in [0.15, 0.2) is 0 Å². The fourth-order valence-electron chi connectivity index (χ4n) is 1.94. The normalized spacial score (nSPS) is 14.3. The molecule has 0 rings (SSSR count). The Labute approximate surface area is 98.6 Å². The molecule has 92 valence electrons. The highest BCUT2D eigenvalue weighted by atomic mass is 35.5. The third-order valence-corrected chi connectivity index (χ3v) is 3.77. The summed E-state index contributed by atoms with van der Waals surface area (Å²) in [4.78, 5) is 0. The molecule has 0 bridgehead atoms. The summed E-state index contributed by atoms with van der Waals surface area (Å²) in [7, 11) is -3.24. The van der Waals surface area contributed by atoms with Crippen LogP contribution in [0.1, 0.15) is 41.0 Å². The Bertz CT molecular complexity index is 291. The maximum atomic E-state index is 11.5. The molecule has 0 aliphatic carbocycles. The first-order chi connectivity index (χ1) is 6.47. The average Bonchev–Trinajstić information content (AvgIpc) is 1.74. The predicted octanol–water partition coefficient (Wildman–Crippen LogP) is 2.36. The summed E-state index contributed by atoms with van der Waals surface area (Å²) in [6.45, 7) is 10.0. The van der Waals surface area contributed by atoms with Crippen molar-refractivity contribution in [3.8, 4) is 0 Å². The number of hydrogen-bond acceptors (Lipinski definition) is 2. The number of nitrogens with one attached hydrogen (secondary N) is 1. The molecular weight excluding hydrogens is 234 g/mol. The van der Waals surface area contributed by atoms with Crippen molar-refractivity contribution in [2.45, 2.75) is 46.6 Å². The van der Waals surface area contributed by atoms with E-state index in [4.69, 9.17) is 11.6 Å². The van der Waals surface area contributed by atoms with Gasteiger partial charge in [-0.1, -0.05) is 20.8 Å². The maximum absolute atomic E-state index is 11.5. The van der Waals surface area contributed by atoms with E-state index < -0.39 is 15.6 Å². The number of halogens is 1. The Morgan fingerprint density at radius 3 is 1.93 bits per heavy atom. The summed E-state index contributed by atoms with van der Waals surface area (Å²) < 4.78 is 25.8. The second kappa shape index (κ2) is 5.02. The van der Waals surface area contributed by atoms with Gasteiger partial charge in [0.1, 0.15) is 0 Å². The Morgan fingerprint density at radius 1 is 1.13 bits per heavy atom. The van der Waals surface area contributed by atoms with Crippen LogP contribution in [0.15, 0.2) is 0 Å². The summed E-state index contributed by atoms with van der Waals surface area (Å²) in [5.74, 6) is 0.100. The van der Waals surface area contributed by atoms with Crippen LogP contribution in [-0.4, -0.2) is 25.6 Å². The highest BCUT2D eigenvalue weighted by Crippen LogP contribution is 2.27. The lowest BCUT2D eigenvalue weighted by atomic mass is 9.82. The van der Waals surface area contributed by atoms with Crippen LogP contribution in [0, 0.1) is 5.41 Å². The van der Waals surface area contributed by atoms with Crippen LogP contribution in [0.4, 0.5) is 0 Å². The summed E-state index contributed by atoms with van der Waals surface area (Å²) >= 11 is 5.43. The molecule has 0 radical (unpaired) electrons. The molecule has 0 aromatic carbocycles. The van der Waals surface area contributed by atoms with E-state index in [1.54, 1.807) is 0 Å². The number of hydrogen-bond donors (Lipinski definition) is 1. The molecule has 0 heterocycles. The van der Waals surface area contributed by atoms with Crippen LogP contribution in [-0.2, 0) is 10.0 Å². The highest BCUT2D eigenvalue weighted by molar-refractivity contribution is 7.89. The van der Waals surface area contributed by atoms with Crippen LogP contribution in [0.25, 0.3) is 0 Å². The third kappa shape index (κ3) is 8.05. The van der Waals surface area contributed by atoms with Crippen LogP contribution in [0.5, 0.6) is 0 Å². The molecule has 3 nitrogen and oxygen atoms in total. The monoisotopic (exact) mass is 255 g/mol. The lowest BCUT2D eigenvalue weighted by Crippen LogP contribution is -2.46. The average molecular weight is 256 g/mol. The van der Waals surface area contributed by atoms with Crippen LogP contribution in [0.2, 0.25) is 0 Å². The van der Waals surface area contributed by atoms with E-state index >= 15 is 0 Å². The van der Waals surface area contributed by atoms with Gasteiger partial charge in [-0.2, -0.15) is 0 Å². The molecule has 0 spiro atoms. The lowest BCUT2D eigenvalue weighted by molar-refractivity contribution is 0.269. The molecule has 0 saturated heterocycles. The quantitative estimate of drug-likeness (QED) is 0.767. The van der Waals surface area contributed by atoms with Crippen molar-refractivity contribution in [2.24, 2.45) is 5.41 Å². The van der Waals surface area contributed by atoms with Gasteiger partial charge < -0.3 is 0 Å². The van der Waals surface area contributed by atoms with Gasteiger partial charge in [0, 0.05) is 11.4 Å². The van der Waals surface area contributed by atoms with Gasteiger partial charge in [-0.05, 0) is 25.7 Å². The topological polar surface area (TPSA) is 46.2 Å². The van der Waals surface area contributed by atoms with Gasteiger partial charge in [-0.25, -0.2) is 13.1 Å². The first-order valence-electron chi connectivity index (χ1n) is 5.05. The zero-order chi connectivity index (χ0) is 12.3. The molecule has 15 heavy (non-hydrogen) atoms. The molecule has 1 N–H and O–H groups in total. The van der Waals surface area contributed by atoms with Crippen molar-refractivity contribution in [1.29, 1.82) is 0 Å². The van der Waals surface area contributed by atoms with Gasteiger partial charge in [0.25, 0.3) is 0 Å². The van der Waals surface area contributed by atoms with Gasteiger partial charge in [0.2, 0.25) is 10.0 Å². The summed E-state index contributed by atoms with van der Waals surface area (Å²) in [5, 5.41) is 0. The number of rotatable bonds is 5. The lowest BCUT2D eigenvalue weighted by Gasteiger charge is -2.32. The van der Waals surface area contributed by atoms with Crippen molar-refractivity contribution in [3.05, 3.63) is 0 Å². The van der Waals surface area contributed by atoms with Crippen molar-refractivity contribution in [3.63, 3.8) is 0 Å². The standard InChI is InChI=1S/C10H22ClNO2S/c1-9(2,3)8-10(4,5)12-15(13,14)7-6-11/h12H,6-8H2,1-5H3. The Hall–Kier alpha value is 0.200. The first kappa shape index (κ1) is 15.2. The van der Waals surface area contributed by atoms with E-state index in [2.05, 4.69) is 25.5 Å². The highest BCUT2D eigenvalue weighted by Gasteiger charge is 2.29. The van der Waals surface area contributed by atoms with Gasteiger partial charge in [-0.3, -0.25) is 0 Å². The van der Waals surface area contributed by atoms with E-state index in [-0.39, 0.29) is 17.0 Å². The maximum Gasteiger partial charge on any atom is 0.213 e. The van der Waals surface area contributed by atoms with Gasteiger partial charge in [0.05, 0.1) is 5.75 Å². The van der Waals surface area contributed by atoms with E-state index in [1.165, 1.54) is 0 Å². The summed E-state index contributed by atoms with van der Waals surface area (Å²) in [6, 6.07) is 0. The molecule has 0 unspecified atom stereocenters. The largest absolute Gasteiger partial charge is 0.213 e. The van der Waals surface area contributed by atoms with Crippen molar-refractivity contribution in [2.75, 3.05) is 11.6 Å². The molecule has 0 aliphatic heterocycles. The second-order valence-electron chi connectivity index (χ2n) is 5.73. The van der Waals surface area contributed by atoms with Gasteiger partial charge in [-0.15, -0.1) is 11.6 Å². The summed E-state index contributed by atoms with van der Waals surface area (Å²) in [6.07, 6.45) is 0.779. The molecule has 5 heteroatoms. The molecule has 0 fully saturated rings. The predicted molar refractivity (Wildman–Crippen MR) is 65.8 cm³/mol. The van der Waals surface area contributed by atoms with E-state index in [0.717, 1.165) is 6.42 Å². The first-order valence-corrected chi connectivity index (χ1v) is 7.24. The molecule has 0 amide bonds. The van der Waals surface area contributed by atoms with Crippen molar-refractivity contribution < 1.29 is 8.42 Å². The number of alkyl halides is 1. The minimum atomic E-state index is -3.24. The number of sulfonamides is 1. The fraction of sp³-hybridized carbons (Fsp3) is 1.00. The van der Waals surface area contributed by atoms with E-state index in [1.807, 2.05) is 13.8 Å².